The molecule has 7 heteroatoms. The van der Waals surface area contributed by atoms with E-state index in [4.69, 9.17) is 15.2 Å². The van der Waals surface area contributed by atoms with E-state index in [0.717, 1.165) is 22.9 Å². The Hall–Kier alpha value is -3.22. The van der Waals surface area contributed by atoms with Crippen LogP contribution in [0.5, 0.6) is 11.5 Å². The smallest absolute Gasteiger partial charge is 0.410 e. The van der Waals surface area contributed by atoms with Crippen molar-refractivity contribution in [2.45, 2.75) is 53.2 Å². The van der Waals surface area contributed by atoms with Crippen molar-refractivity contribution in [3.05, 3.63) is 48.0 Å². The number of ether oxygens (including phenoxy) is 2. The van der Waals surface area contributed by atoms with Crippen LogP contribution in [-0.2, 0) is 11.3 Å². The number of hydrogen-bond donors (Lipinski definition) is 2. The number of anilines is 1. The third-order valence-corrected chi connectivity index (χ3v) is 4.72. The van der Waals surface area contributed by atoms with Crippen LogP contribution in [0, 0.1) is 5.92 Å². The maximum atomic E-state index is 12.7. The number of amides is 1. The van der Waals surface area contributed by atoms with Crippen LogP contribution in [0.25, 0.3) is 10.9 Å². The zero-order chi connectivity index (χ0) is 22.6. The SMILES string of the molecule is CC(C)CCN(Cc1ccc(Oc2ccc3c(N)n[nH]c3c2)cc1)C(=O)OC(C)(C)C. The maximum Gasteiger partial charge on any atom is 0.410 e. The minimum atomic E-state index is -0.523. The number of hydrogen-bond acceptors (Lipinski definition) is 5. The van der Waals surface area contributed by atoms with Gasteiger partial charge in [0.25, 0.3) is 0 Å². The molecule has 166 valence electrons. The summed E-state index contributed by atoms with van der Waals surface area (Å²) in [5.41, 5.74) is 7.12. The molecule has 0 radical (unpaired) electrons. The van der Waals surface area contributed by atoms with Crippen molar-refractivity contribution < 1.29 is 14.3 Å². The van der Waals surface area contributed by atoms with Crippen LogP contribution >= 0.6 is 0 Å². The number of aromatic amines is 1. The van der Waals surface area contributed by atoms with Gasteiger partial charge in [0.1, 0.15) is 17.1 Å². The molecular formula is C24H32N4O3. The Balaban J connectivity index is 1.67. The Morgan fingerprint density at radius 2 is 1.81 bits per heavy atom. The molecule has 7 nitrogen and oxygen atoms in total. The van der Waals surface area contributed by atoms with Gasteiger partial charge in [-0.2, -0.15) is 5.10 Å². The van der Waals surface area contributed by atoms with Crippen LogP contribution in [0.1, 0.15) is 46.6 Å². The zero-order valence-electron chi connectivity index (χ0n) is 18.9. The number of benzene rings is 2. The summed E-state index contributed by atoms with van der Waals surface area (Å²) in [6.45, 7) is 11.1. The van der Waals surface area contributed by atoms with Crippen LogP contribution < -0.4 is 10.5 Å². The maximum absolute atomic E-state index is 12.7. The minimum absolute atomic E-state index is 0.291. The molecule has 0 atom stereocenters. The van der Waals surface area contributed by atoms with E-state index in [2.05, 4.69) is 24.0 Å². The fraction of sp³-hybridized carbons (Fsp3) is 0.417. The molecule has 3 rings (SSSR count). The first-order valence-corrected chi connectivity index (χ1v) is 10.6. The van der Waals surface area contributed by atoms with Crippen molar-refractivity contribution in [1.29, 1.82) is 0 Å². The highest BCUT2D eigenvalue weighted by molar-refractivity contribution is 5.89. The first-order chi connectivity index (χ1) is 14.6. The normalized spacial score (nSPS) is 11.7. The summed E-state index contributed by atoms with van der Waals surface area (Å²) >= 11 is 0. The lowest BCUT2D eigenvalue weighted by atomic mass is 10.1. The van der Waals surface area contributed by atoms with Gasteiger partial charge in [0.05, 0.1) is 5.52 Å². The predicted molar refractivity (Wildman–Crippen MR) is 123 cm³/mol. The molecular weight excluding hydrogens is 392 g/mol. The average molecular weight is 425 g/mol. The highest BCUT2D eigenvalue weighted by Gasteiger charge is 2.22. The fourth-order valence-electron chi connectivity index (χ4n) is 3.08. The predicted octanol–water partition coefficient (Wildman–Crippen LogP) is 5.72. The van der Waals surface area contributed by atoms with Crippen LogP contribution in [0.3, 0.4) is 0 Å². The van der Waals surface area contributed by atoms with Crippen molar-refractivity contribution in [2.75, 3.05) is 12.3 Å². The third kappa shape index (κ3) is 6.38. The lowest BCUT2D eigenvalue weighted by molar-refractivity contribution is 0.0226. The van der Waals surface area contributed by atoms with Gasteiger partial charge in [0, 0.05) is 24.5 Å². The Kier molecular flexibility index (Phi) is 6.73. The first kappa shape index (κ1) is 22.5. The van der Waals surface area contributed by atoms with Gasteiger partial charge in [-0.05, 0) is 62.9 Å². The summed E-state index contributed by atoms with van der Waals surface area (Å²) in [6.07, 6.45) is 0.627. The van der Waals surface area contributed by atoms with Crippen molar-refractivity contribution >= 4 is 22.8 Å². The Bertz CT molecular complexity index is 1020. The standard InChI is InChI=1S/C24H32N4O3/c1-16(2)12-13-28(23(29)31-24(3,4)5)15-17-6-8-18(9-7-17)30-19-10-11-20-21(14-19)26-27-22(20)25/h6-11,14,16H,12-13,15H2,1-5H3,(H3,25,26,27). The van der Waals surface area contributed by atoms with E-state index >= 15 is 0 Å². The second-order valence-electron chi connectivity index (χ2n) is 9.15. The van der Waals surface area contributed by atoms with Crippen LogP contribution in [0.15, 0.2) is 42.5 Å². The Morgan fingerprint density at radius 1 is 1.13 bits per heavy atom. The number of aromatic nitrogens is 2. The van der Waals surface area contributed by atoms with Crippen LogP contribution in [0.2, 0.25) is 0 Å². The molecule has 3 N–H and O–H groups in total. The molecule has 1 aromatic heterocycles. The number of rotatable bonds is 7. The van der Waals surface area contributed by atoms with Gasteiger partial charge in [-0.15, -0.1) is 0 Å². The molecule has 31 heavy (non-hydrogen) atoms. The summed E-state index contributed by atoms with van der Waals surface area (Å²) in [6, 6.07) is 13.3. The van der Waals surface area contributed by atoms with Gasteiger partial charge in [-0.1, -0.05) is 26.0 Å². The van der Waals surface area contributed by atoms with E-state index in [1.165, 1.54) is 0 Å². The van der Waals surface area contributed by atoms with Gasteiger partial charge >= 0.3 is 6.09 Å². The molecule has 0 bridgehead atoms. The zero-order valence-corrected chi connectivity index (χ0v) is 18.9. The van der Waals surface area contributed by atoms with Crippen molar-refractivity contribution in [2.24, 2.45) is 5.92 Å². The van der Waals surface area contributed by atoms with Gasteiger partial charge < -0.3 is 20.1 Å². The number of fused-ring (bicyclic) bond motifs is 1. The largest absolute Gasteiger partial charge is 0.457 e. The topological polar surface area (TPSA) is 93.5 Å². The third-order valence-electron chi connectivity index (χ3n) is 4.72. The monoisotopic (exact) mass is 424 g/mol. The number of nitrogens with two attached hydrogens (primary N) is 1. The Labute approximate surface area is 183 Å². The molecule has 0 unspecified atom stereocenters. The molecule has 0 aliphatic carbocycles. The number of H-pyrrole nitrogens is 1. The molecule has 0 saturated heterocycles. The molecule has 0 aliphatic heterocycles. The molecule has 3 aromatic rings. The lowest BCUT2D eigenvalue weighted by Crippen LogP contribution is -2.37. The second kappa shape index (κ2) is 9.29. The summed E-state index contributed by atoms with van der Waals surface area (Å²) in [4.78, 5) is 14.4. The van der Waals surface area contributed by atoms with Gasteiger partial charge in [-0.3, -0.25) is 5.10 Å². The van der Waals surface area contributed by atoms with Gasteiger partial charge in [0.2, 0.25) is 0 Å². The number of nitrogens with one attached hydrogen (secondary N) is 1. The Morgan fingerprint density at radius 3 is 2.45 bits per heavy atom. The molecule has 0 saturated carbocycles. The van der Waals surface area contributed by atoms with Gasteiger partial charge in [0.15, 0.2) is 5.82 Å². The van der Waals surface area contributed by atoms with Crippen molar-refractivity contribution in [1.82, 2.24) is 15.1 Å². The second-order valence-corrected chi connectivity index (χ2v) is 9.15. The number of carbonyl (C=O) groups is 1. The molecule has 2 aromatic carbocycles. The first-order valence-electron chi connectivity index (χ1n) is 10.6. The fourth-order valence-corrected chi connectivity index (χ4v) is 3.08. The van der Waals surface area contributed by atoms with Crippen LogP contribution in [-0.4, -0.2) is 33.3 Å². The molecule has 0 spiro atoms. The lowest BCUT2D eigenvalue weighted by Gasteiger charge is -2.28. The molecule has 0 fully saturated rings. The summed E-state index contributed by atoms with van der Waals surface area (Å²) in [5, 5.41) is 7.75. The van der Waals surface area contributed by atoms with E-state index < -0.39 is 5.60 Å². The summed E-state index contributed by atoms with van der Waals surface area (Å²) < 4.78 is 11.5. The van der Waals surface area contributed by atoms with Crippen molar-refractivity contribution in [3.63, 3.8) is 0 Å². The highest BCUT2D eigenvalue weighted by atomic mass is 16.6. The summed E-state index contributed by atoms with van der Waals surface area (Å²) in [5.74, 6) is 2.37. The number of nitrogen functional groups attached to an aromatic ring is 1. The molecule has 1 amide bonds. The van der Waals surface area contributed by atoms with Crippen molar-refractivity contribution in [3.8, 4) is 11.5 Å². The minimum Gasteiger partial charge on any atom is -0.457 e. The van der Waals surface area contributed by atoms with Crippen LogP contribution in [0.4, 0.5) is 10.6 Å². The van der Waals surface area contributed by atoms with E-state index in [0.29, 0.717) is 36.3 Å². The molecule has 1 heterocycles. The van der Waals surface area contributed by atoms with E-state index in [1.54, 1.807) is 4.90 Å². The van der Waals surface area contributed by atoms with E-state index in [-0.39, 0.29) is 6.09 Å². The van der Waals surface area contributed by atoms with Gasteiger partial charge in [-0.25, -0.2) is 4.79 Å². The number of nitrogens with zero attached hydrogens (tertiary/aromatic N) is 2. The van der Waals surface area contributed by atoms with E-state index in [1.807, 2.05) is 63.2 Å². The highest BCUT2D eigenvalue weighted by Crippen LogP contribution is 2.27. The summed E-state index contributed by atoms with van der Waals surface area (Å²) in [7, 11) is 0. The quantitative estimate of drug-likeness (QED) is 0.506. The number of carbonyl (C=O) groups excluding carboxylic acids is 1. The average Bonchev–Trinajstić information content (AvgIpc) is 3.05. The van der Waals surface area contributed by atoms with E-state index in [9.17, 15) is 4.79 Å². The molecule has 0 aliphatic rings.